The molecule has 13 heavy (non-hydrogen) atoms. The van der Waals surface area contributed by atoms with Crippen LogP contribution in [0.5, 0.6) is 0 Å². The van der Waals surface area contributed by atoms with Crippen LogP contribution in [0.1, 0.15) is 19.8 Å². The molecule has 1 saturated heterocycles. The van der Waals surface area contributed by atoms with Crippen molar-refractivity contribution in [1.29, 1.82) is 0 Å². The van der Waals surface area contributed by atoms with Crippen molar-refractivity contribution in [2.45, 2.75) is 24.3 Å². The van der Waals surface area contributed by atoms with E-state index in [9.17, 15) is 4.79 Å². The van der Waals surface area contributed by atoms with Gasteiger partial charge in [0.1, 0.15) is 4.58 Å². The number of amides is 1. The van der Waals surface area contributed by atoms with Gasteiger partial charge in [-0.2, -0.15) is 0 Å². The van der Waals surface area contributed by atoms with Crippen LogP contribution in [-0.4, -0.2) is 28.5 Å². The van der Waals surface area contributed by atoms with Crippen molar-refractivity contribution in [3.8, 4) is 0 Å². The molecule has 0 unspecified atom stereocenters. The van der Waals surface area contributed by atoms with Crippen LogP contribution in [0.4, 0.5) is 0 Å². The van der Waals surface area contributed by atoms with Crippen LogP contribution in [0.15, 0.2) is 0 Å². The molecule has 2 nitrogen and oxygen atoms in total. The van der Waals surface area contributed by atoms with Gasteiger partial charge in [-0.1, -0.05) is 6.92 Å². The number of rotatable bonds is 3. The highest BCUT2D eigenvalue weighted by Crippen LogP contribution is 2.44. The maximum atomic E-state index is 11.6. The normalized spacial score (nSPS) is 25.9. The molecule has 0 bridgehead atoms. The number of carbonyl (C=O) groups is 1. The van der Waals surface area contributed by atoms with Gasteiger partial charge in [0.2, 0.25) is 5.91 Å². The van der Waals surface area contributed by atoms with Crippen molar-refractivity contribution < 1.29 is 4.79 Å². The molecule has 1 heterocycles. The Morgan fingerprint density at radius 1 is 1.46 bits per heavy atom. The Labute approximate surface area is 87.6 Å². The van der Waals surface area contributed by atoms with Gasteiger partial charge in [0, 0.05) is 18.1 Å². The van der Waals surface area contributed by atoms with Gasteiger partial charge >= 0.3 is 0 Å². The van der Waals surface area contributed by atoms with E-state index in [0.29, 0.717) is 5.41 Å². The largest absolute Gasteiger partial charge is 0.354 e. The number of carbonyl (C=O) groups excluding carboxylic acids is 1. The minimum atomic E-state index is 0.169. The van der Waals surface area contributed by atoms with E-state index in [0.717, 1.165) is 18.1 Å². The second-order valence-electron chi connectivity index (χ2n) is 4.10. The van der Waals surface area contributed by atoms with Crippen molar-refractivity contribution in [1.82, 2.24) is 5.32 Å². The lowest BCUT2D eigenvalue weighted by molar-refractivity contribution is -0.119. The molecule has 1 aliphatic carbocycles. The Kier molecular flexibility index (Phi) is 2.79. The molecule has 4 heteroatoms. The summed E-state index contributed by atoms with van der Waals surface area (Å²) < 4.78 is 0.169. The Hall–Kier alpha value is 0.170. The van der Waals surface area contributed by atoms with Gasteiger partial charge in [-0.15, -0.1) is 23.5 Å². The molecule has 2 fully saturated rings. The third-order valence-corrected chi connectivity index (χ3v) is 5.62. The van der Waals surface area contributed by atoms with Crippen LogP contribution in [0.25, 0.3) is 0 Å². The second kappa shape index (κ2) is 3.73. The third-order valence-electron chi connectivity index (χ3n) is 2.63. The van der Waals surface area contributed by atoms with Crippen molar-refractivity contribution in [2.75, 3.05) is 18.1 Å². The average molecular weight is 217 g/mol. The predicted molar refractivity (Wildman–Crippen MR) is 59.1 cm³/mol. The average Bonchev–Trinajstić information content (AvgIpc) is 2.69. The maximum Gasteiger partial charge on any atom is 0.243 e. The summed E-state index contributed by atoms with van der Waals surface area (Å²) in [4.78, 5) is 11.6. The van der Waals surface area contributed by atoms with E-state index in [2.05, 4.69) is 12.2 Å². The van der Waals surface area contributed by atoms with E-state index in [-0.39, 0.29) is 10.5 Å². The second-order valence-corrected chi connectivity index (χ2v) is 6.83. The van der Waals surface area contributed by atoms with Gasteiger partial charge in [0.05, 0.1) is 0 Å². The van der Waals surface area contributed by atoms with Crippen LogP contribution in [0.3, 0.4) is 0 Å². The zero-order valence-electron chi connectivity index (χ0n) is 7.84. The number of nitrogens with one attached hydrogen (secondary N) is 1. The van der Waals surface area contributed by atoms with E-state index >= 15 is 0 Å². The first-order chi connectivity index (χ1) is 6.20. The summed E-state index contributed by atoms with van der Waals surface area (Å²) in [6, 6.07) is 0. The zero-order valence-corrected chi connectivity index (χ0v) is 9.47. The lowest BCUT2D eigenvalue weighted by Crippen LogP contribution is -2.33. The Balaban J connectivity index is 1.71. The van der Waals surface area contributed by atoms with E-state index in [4.69, 9.17) is 0 Å². The fourth-order valence-corrected chi connectivity index (χ4v) is 3.91. The molecule has 0 spiro atoms. The Morgan fingerprint density at radius 2 is 2.08 bits per heavy atom. The number of thioether (sulfide) groups is 2. The number of hydrogen-bond donors (Lipinski definition) is 1. The lowest BCUT2D eigenvalue weighted by Gasteiger charge is -2.12. The zero-order chi connectivity index (χ0) is 9.31. The lowest BCUT2D eigenvalue weighted by atomic mass is 10.1. The molecule has 1 saturated carbocycles. The smallest absolute Gasteiger partial charge is 0.243 e. The van der Waals surface area contributed by atoms with Gasteiger partial charge in [-0.05, 0) is 18.3 Å². The monoisotopic (exact) mass is 217 g/mol. The van der Waals surface area contributed by atoms with E-state index in [1.165, 1.54) is 12.8 Å². The molecule has 0 aromatic carbocycles. The molecular weight excluding hydrogens is 202 g/mol. The fraction of sp³-hybridized carbons (Fsp3) is 0.889. The molecular formula is C9H15NOS2. The van der Waals surface area contributed by atoms with Crippen LogP contribution in [0.2, 0.25) is 0 Å². The van der Waals surface area contributed by atoms with Crippen molar-refractivity contribution in [3.05, 3.63) is 0 Å². The van der Waals surface area contributed by atoms with Crippen molar-refractivity contribution >= 4 is 29.4 Å². The topological polar surface area (TPSA) is 29.1 Å². The van der Waals surface area contributed by atoms with Gasteiger partial charge < -0.3 is 5.32 Å². The maximum absolute atomic E-state index is 11.6. The molecule has 74 valence electrons. The van der Waals surface area contributed by atoms with Crippen molar-refractivity contribution in [3.63, 3.8) is 0 Å². The third kappa shape index (κ3) is 2.56. The summed E-state index contributed by atoms with van der Waals surface area (Å²) >= 11 is 3.54. The summed E-state index contributed by atoms with van der Waals surface area (Å²) in [6.07, 6.45) is 2.55. The quantitative estimate of drug-likeness (QED) is 0.780. The molecule has 2 rings (SSSR count). The molecule has 1 amide bonds. The fourth-order valence-electron chi connectivity index (χ4n) is 1.28. The highest BCUT2D eigenvalue weighted by Gasteiger charge is 2.38. The van der Waals surface area contributed by atoms with Gasteiger partial charge in [-0.25, -0.2) is 0 Å². The molecule has 1 N–H and O–H groups in total. The Bertz CT molecular complexity index is 210. The summed E-state index contributed by atoms with van der Waals surface area (Å²) in [5, 5.41) is 3.05. The first-order valence-corrected chi connectivity index (χ1v) is 6.80. The van der Waals surface area contributed by atoms with E-state index < -0.39 is 0 Å². The van der Waals surface area contributed by atoms with E-state index in [1.807, 2.05) is 0 Å². The SMILES string of the molecule is CC1(CNC(=O)C2SCCS2)CC1. The minimum absolute atomic E-state index is 0.169. The first kappa shape index (κ1) is 9.71. The van der Waals surface area contributed by atoms with Crippen LogP contribution in [0, 0.1) is 5.41 Å². The minimum Gasteiger partial charge on any atom is -0.354 e. The first-order valence-electron chi connectivity index (χ1n) is 4.71. The standard InChI is InChI=1S/C9H15NOS2/c1-9(2-3-9)6-10-7(11)8-12-4-5-13-8/h8H,2-6H2,1H3,(H,10,11). The number of hydrogen-bond acceptors (Lipinski definition) is 3. The summed E-state index contributed by atoms with van der Waals surface area (Å²) in [7, 11) is 0. The molecule has 0 atom stereocenters. The summed E-state index contributed by atoms with van der Waals surface area (Å²) in [5.74, 6) is 2.49. The highest BCUT2D eigenvalue weighted by molar-refractivity contribution is 8.21. The van der Waals surface area contributed by atoms with Gasteiger partial charge in [-0.3, -0.25) is 4.79 Å². The van der Waals surface area contributed by atoms with E-state index in [1.54, 1.807) is 23.5 Å². The van der Waals surface area contributed by atoms with Crippen LogP contribution in [-0.2, 0) is 4.79 Å². The highest BCUT2D eigenvalue weighted by atomic mass is 32.2. The van der Waals surface area contributed by atoms with Gasteiger partial charge in [0.15, 0.2) is 0 Å². The molecule has 2 aliphatic rings. The summed E-state index contributed by atoms with van der Waals surface area (Å²) in [5.41, 5.74) is 0.434. The van der Waals surface area contributed by atoms with Crippen molar-refractivity contribution in [2.24, 2.45) is 5.41 Å². The molecule has 0 radical (unpaired) electrons. The Morgan fingerprint density at radius 3 is 2.62 bits per heavy atom. The molecule has 0 aromatic heterocycles. The van der Waals surface area contributed by atoms with Crippen LogP contribution < -0.4 is 5.32 Å². The molecule has 0 aromatic rings. The predicted octanol–water partition coefficient (Wildman–Crippen LogP) is 1.71. The van der Waals surface area contributed by atoms with Gasteiger partial charge in [0.25, 0.3) is 0 Å². The van der Waals surface area contributed by atoms with Crippen LogP contribution >= 0.6 is 23.5 Å². The summed E-state index contributed by atoms with van der Waals surface area (Å²) in [6.45, 7) is 3.12. The molecule has 1 aliphatic heterocycles.